The van der Waals surface area contributed by atoms with Gasteiger partial charge in [0.2, 0.25) is 0 Å². The first-order valence-electron chi connectivity index (χ1n) is 6.98. The number of benzene rings is 1. The van der Waals surface area contributed by atoms with Gasteiger partial charge in [-0.15, -0.1) is 0 Å². The summed E-state index contributed by atoms with van der Waals surface area (Å²) in [6.45, 7) is 13.6. The average molecular weight is 255 g/mol. The molecule has 0 saturated carbocycles. The smallest absolute Gasteiger partial charge is 0.0456 e. The molecular weight excluding hydrogens is 230 g/mol. The van der Waals surface area contributed by atoms with Gasteiger partial charge in [-0.3, -0.25) is 0 Å². The first-order chi connectivity index (χ1) is 8.69. The van der Waals surface area contributed by atoms with Crippen molar-refractivity contribution in [3.63, 3.8) is 0 Å². The van der Waals surface area contributed by atoms with E-state index >= 15 is 0 Å². The lowest BCUT2D eigenvalue weighted by molar-refractivity contribution is 0.569. The highest BCUT2D eigenvalue weighted by molar-refractivity contribution is 5.66. The van der Waals surface area contributed by atoms with Gasteiger partial charge in [0.25, 0.3) is 0 Å². The quantitative estimate of drug-likeness (QED) is 0.714. The van der Waals surface area contributed by atoms with Crippen molar-refractivity contribution >= 4 is 0 Å². The molecule has 2 rings (SSSR count). The minimum Gasteiger partial charge on any atom is -0.361 e. The van der Waals surface area contributed by atoms with Crippen molar-refractivity contribution in [2.24, 2.45) is 0 Å². The predicted octanol–water partition coefficient (Wildman–Crippen LogP) is 5.28. The number of rotatable bonds is 1. The van der Waals surface area contributed by atoms with E-state index in [-0.39, 0.29) is 10.8 Å². The van der Waals surface area contributed by atoms with E-state index in [1.165, 1.54) is 22.4 Å². The molecular formula is C18H25N. The molecule has 1 heterocycles. The Morgan fingerprint density at radius 3 is 2.00 bits per heavy atom. The third-order valence-electron chi connectivity index (χ3n) is 3.58. The van der Waals surface area contributed by atoms with Gasteiger partial charge in [0.15, 0.2) is 0 Å². The van der Waals surface area contributed by atoms with Gasteiger partial charge in [0, 0.05) is 17.5 Å². The Bertz CT molecular complexity index is 548. The summed E-state index contributed by atoms with van der Waals surface area (Å²) in [6.07, 6.45) is 1.99. The summed E-state index contributed by atoms with van der Waals surface area (Å²) in [5, 5.41) is 0. The van der Waals surface area contributed by atoms with Crippen molar-refractivity contribution in [2.75, 3.05) is 0 Å². The summed E-state index contributed by atoms with van der Waals surface area (Å²) >= 11 is 0. The van der Waals surface area contributed by atoms with E-state index in [1.54, 1.807) is 0 Å². The highest BCUT2D eigenvalue weighted by atomic mass is 14.7. The second kappa shape index (κ2) is 4.56. The first kappa shape index (κ1) is 13.9. The topological polar surface area (TPSA) is 15.8 Å². The van der Waals surface area contributed by atoms with E-state index in [4.69, 9.17) is 0 Å². The number of H-pyrrole nitrogens is 1. The van der Waals surface area contributed by atoms with Gasteiger partial charge in [0.1, 0.15) is 0 Å². The summed E-state index contributed by atoms with van der Waals surface area (Å²) < 4.78 is 0. The van der Waals surface area contributed by atoms with Crippen LogP contribution in [0.4, 0.5) is 0 Å². The molecule has 0 unspecified atom stereocenters. The Hall–Kier alpha value is -1.50. The molecule has 0 spiro atoms. The van der Waals surface area contributed by atoms with Crippen LogP contribution in [0.2, 0.25) is 0 Å². The Morgan fingerprint density at radius 2 is 1.53 bits per heavy atom. The van der Waals surface area contributed by atoms with Crippen molar-refractivity contribution in [3.05, 3.63) is 47.7 Å². The van der Waals surface area contributed by atoms with Crippen molar-refractivity contribution in [2.45, 2.75) is 52.4 Å². The third kappa shape index (κ3) is 2.91. The molecule has 2 aromatic rings. The van der Waals surface area contributed by atoms with Gasteiger partial charge in [-0.25, -0.2) is 0 Å². The molecule has 1 nitrogen and oxygen atoms in total. The Morgan fingerprint density at radius 1 is 0.842 bits per heavy atom. The molecule has 0 atom stereocenters. The van der Waals surface area contributed by atoms with Gasteiger partial charge in [-0.05, 0) is 34.1 Å². The highest BCUT2D eigenvalue weighted by Gasteiger charge is 2.22. The van der Waals surface area contributed by atoms with Crippen LogP contribution in [-0.2, 0) is 10.8 Å². The maximum atomic E-state index is 3.32. The van der Waals surface area contributed by atoms with Gasteiger partial charge < -0.3 is 4.98 Å². The van der Waals surface area contributed by atoms with Crippen LogP contribution in [0.3, 0.4) is 0 Å². The summed E-state index contributed by atoms with van der Waals surface area (Å²) in [7, 11) is 0. The van der Waals surface area contributed by atoms with Gasteiger partial charge in [-0.1, -0.05) is 59.7 Å². The van der Waals surface area contributed by atoms with Gasteiger partial charge in [-0.2, -0.15) is 0 Å². The first-order valence-corrected chi connectivity index (χ1v) is 6.98. The SMILES string of the molecule is CC(C)(C)c1ccc(-c2ccc[nH]2)c(C(C)(C)C)c1. The van der Waals surface area contributed by atoms with Crippen LogP contribution in [0.5, 0.6) is 0 Å². The maximum absolute atomic E-state index is 3.32. The molecule has 0 amide bonds. The minimum absolute atomic E-state index is 0.141. The normalized spacial score (nSPS) is 12.7. The molecule has 0 fully saturated rings. The standard InChI is InChI=1S/C18H25N/c1-17(2,3)13-9-10-14(16-8-7-11-19-16)15(12-13)18(4,5)6/h7-12,19H,1-6H3. The molecule has 0 aliphatic rings. The van der Waals surface area contributed by atoms with E-state index in [1.807, 2.05) is 6.20 Å². The van der Waals surface area contributed by atoms with Crippen LogP contribution in [-0.4, -0.2) is 4.98 Å². The fraction of sp³-hybridized carbons (Fsp3) is 0.444. The van der Waals surface area contributed by atoms with Crippen molar-refractivity contribution in [1.82, 2.24) is 4.98 Å². The van der Waals surface area contributed by atoms with Crippen LogP contribution in [0.1, 0.15) is 52.7 Å². The van der Waals surface area contributed by atoms with E-state index in [2.05, 4.69) is 76.9 Å². The molecule has 0 radical (unpaired) electrons. The Kier molecular flexibility index (Phi) is 3.34. The summed E-state index contributed by atoms with van der Waals surface area (Å²) in [5.74, 6) is 0. The molecule has 1 N–H and O–H groups in total. The van der Waals surface area contributed by atoms with Crippen LogP contribution in [0.15, 0.2) is 36.5 Å². The largest absolute Gasteiger partial charge is 0.361 e. The zero-order valence-electron chi connectivity index (χ0n) is 13.0. The van der Waals surface area contributed by atoms with Crippen molar-refractivity contribution in [3.8, 4) is 11.3 Å². The van der Waals surface area contributed by atoms with E-state index in [9.17, 15) is 0 Å². The fourth-order valence-corrected chi connectivity index (χ4v) is 2.36. The zero-order valence-corrected chi connectivity index (χ0v) is 13.0. The van der Waals surface area contributed by atoms with Crippen molar-refractivity contribution in [1.29, 1.82) is 0 Å². The Labute approximate surface area is 117 Å². The molecule has 19 heavy (non-hydrogen) atoms. The molecule has 102 valence electrons. The summed E-state index contributed by atoms with van der Waals surface area (Å²) in [6, 6.07) is 11.1. The number of aromatic nitrogens is 1. The van der Waals surface area contributed by atoms with Crippen molar-refractivity contribution < 1.29 is 0 Å². The summed E-state index contributed by atoms with van der Waals surface area (Å²) in [5.41, 5.74) is 5.64. The second-order valence-corrected chi connectivity index (χ2v) is 7.34. The minimum atomic E-state index is 0.141. The number of aromatic amines is 1. The Balaban J connectivity index is 2.63. The third-order valence-corrected chi connectivity index (χ3v) is 3.58. The van der Waals surface area contributed by atoms with E-state index < -0.39 is 0 Å². The predicted molar refractivity (Wildman–Crippen MR) is 83.6 cm³/mol. The number of hydrogen-bond acceptors (Lipinski definition) is 0. The molecule has 1 aromatic heterocycles. The number of nitrogens with one attached hydrogen (secondary N) is 1. The maximum Gasteiger partial charge on any atom is 0.0456 e. The van der Waals surface area contributed by atoms with E-state index in [0.717, 1.165) is 0 Å². The lowest BCUT2D eigenvalue weighted by Gasteiger charge is -2.27. The van der Waals surface area contributed by atoms with Crippen LogP contribution >= 0.6 is 0 Å². The van der Waals surface area contributed by atoms with E-state index in [0.29, 0.717) is 0 Å². The molecule has 1 aromatic carbocycles. The summed E-state index contributed by atoms with van der Waals surface area (Å²) in [4.78, 5) is 3.32. The monoisotopic (exact) mass is 255 g/mol. The van der Waals surface area contributed by atoms with Gasteiger partial charge in [0.05, 0.1) is 0 Å². The zero-order chi connectivity index (χ0) is 14.3. The van der Waals surface area contributed by atoms with Crippen LogP contribution in [0, 0.1) is 0 Å². The molecule has 0 aliphatic carbocycles. The lowest BCUT2D eigenvalue weighted by atomic mass is 9.78. The average Bonchev–Trinajstić information content (AvgIpc) is 2.79. The lowest BCUT2D eigenvalue weighted by Crippen LogP contribution is -2.17. The number of hydrogen-bond donors (Lipinski definition) is 1. The van der Waals surface area contributed by atoms with Crippen LogP contribution in [0.25, 0.3) is 11.3 Å². The van der Waals surface area contributed by atoms with Gasteiger partial charge >= 0.3 is 0 Å². The molecule has 1 heteroatoms. The molecule has 0 bridgehead atoms. The second-order valence-electron chi connectivity index (χ2n) is 7.34. The fourth-order valence-electron chi connectivity index (χ4n) is 2.36. The molecule has 0 aliphatic heterocycles. The molecule has 0 saturated heterocycles. The highest BCUT2D eigenvalue weighted by Crippen LogP contribution is 2.35. The van der Waals surface area contributed by atoms with Crippen LogP contribution < -0.4 is 0 Å².